The van der Waals surface area contributed by atoms with E-state index in [2.05, 4.69) is 20.6 Å². The van der Waals surface area contributed by atoms with Gasteiger partial charge in [-0.25, -0.2) is 9.97 Å². The van der Waals surface area contributed by atoms with Crippen LogP contribution in [0.1, 0.15) is 36.8 Å². The van der Waals surface area contributed by atoms with E-state index in [1.807, 2.05) is 27.0 Å². The molecule has 2 heterocycles. The van der Waals surface area contributed by atoms with E-state index in [9.17, 15) is 9.59 Å². The lowest BCUT2D eigenvalue weighted by Crippen LogP contribution is -2.27. The maximum Gasteiger partial charge on any atom is 0.260 e. The first-order valence-corrected chi connectivity index (χ1v) is 10.6. The van der Waals surface area contributed by atoms with Crippen LogP contribution in [0.15, 0.2) is 52.1 Å². The minimum atomic E-state index is -0.517. The summed E-state index contributed by atoms with van der Waals surface area (Å²) in [5.74, 6) is 0.559. The molecule has 2 amide bonds. The molecule has 0 bridgehead atoms. The Hall–Kier alpha value is -3.13. The highest BCUT2D eigenvalue weighted by Crippen LogP contribution is 2.26. The van der Waals surface area contributed by atoms with Gasteiger partial charge < -0.3 is 15.1 Å². The van der Waals surface area contributed by atoms with Crippen LogP contribution in [0, 0.1) is 12.3 Å². The minimum absolute atomic E-state index is 0.103. The number of benzene rings is 1. The summed E-state index contributed by atoms with van der Waals surface area (Å²) in [6.45, 7) is 7.29. The van der Waals surface area contributed by atoms with Crippen LogP contribution in [0.4, 0.5) is 11.4 Å². The van der Waals surface area contributed by atoms with Crippen molar-refractivity contribution in [2.24, 2.45) is 5.41 Å². The first kappa shape index (κ1) is 21.6. The van der Waals surface area contributed by atoms with Crippen LogP contribution >= 0.6 is 11.8 Å². The van der Waals surface area contributed by atoms with Crippen LogP contribution in [0.3, 0.4) is 0 Å². The number of hydrogen-bond acceptors (Lipinski definition) is 6. The van der Waals surface area contributed by atoms with Gasteiger partial charge in [0.1, 0.15) is 5.03 Å². The summed E-state index contributed by atoms with van der Waals surface area (Å²) in [5.41, 5.74) is 1.61. The molecule has 0 aliphatic rings. The summed E-state index contributed by atoms with van der Waals surface area (Å²) in [6.07, 6.45) is 3.41. The molecule has 3 aromatic rings. The van der Waals surface area contributed by atoms with Crippen molar-refractivity contribution in [1.29, 1.82) is 0 Å². The Kier molecular flexibility index (Phi) is 6.26. The van der Waals surface area contributed by atoms with Gasteiger partial charge in [-0.1, -0.05) is 26.8 Å². The number of anilines is 2. The number of furan rings is 1. The van der Waals surface area contributed by atoms with E-state index in [4.69, 9.17) is 4.42 Å². The van der Waals surface area contributed by atoms with Crippen molar-refractivity contribution in [3.8, 4) is 11.6 Å². The van der Waals surface area contributed by atoms with E-state index in [0.29, 0.717) is 39.2 Å². The molecule has 2 aromatic heterocycles. The van der Waals surface area contributed by atoms with Crippen LogP contribution in [0.2, 0.25) is 0 Å². The maximum absolute atomic E-state index is 13.0. The molecule has 0 radical (unpaired) electrons. The van der Waals surface area contributed by atoms with E-state index in [1.54, 1.807) is 49.6 Å². The Labute approximate surface area is 179 Å². The Morgan fingerprint density at radius 3 is 2.33 bits per heavy atom. The second-order valence-electron chi connectivity index (χ2n) is 7.73. The minimum Gasteiger partial charge on any atom is -0.461 e. The largest absolute Gasteiger partial charge is 0.461 e. The van der Waals surface area contributed by atoms with E-state index in [1.165, 1.54) is 11.8 Å². The lowest BCUT2D eigenvalue weighted by Gasteiger charge is -2.18. The predicted molar refractivity (Wildman–Crippen MR) is 119 cm³/mol. The van der Waals surface area contributed by atoms with Gasteiger partial charge in [0, 0.05) is 16.8 Å². The number of aromatic nitrogens is 2. The molecule has 8 heteroatoms. The molecule has 7 nitrogen and oxygen atoms in total. The summed E-state index contributed by atoms with van der Waals surface area (Å²) in [5, 5.41) is 6.30. The zero-order valence-corrected chi connectivity index (χ0v) is 18.4. The first-order valence-electron chi connectivity index (χ1n) is 9.38. The lowest BCUT2D eigenvalue weighted by molar-refractivity contribution is -0.123. The third kappa shape index (κ3) is 4.88. The zero-order valence-electron chi connectivity index (χ0n) is 17.6. The van der Waals surface area contributed by atoms with Crippen molar-refractivity contribution in [2.75, 3.05) is 16.9 Å². The van der Waals surface area contributed by atoms with Gasteiger partial charge in [-0.3, -0.25) is 9.59 Å². The molecule has 0 saturated carbocycles. The van der Waals surface area contributed by atoms with Crippen molar-refractivity contribution >= 4 is 35.0 Å². The lowest BCUT2D eigenvalue weighted by atomic mass is 9.95. The Bertz CT molecular complexity index is 1070. The zero-order chi connectivity index (χ0) is 21.9. The molecule has 0 spiro atoms. The van der Waals surface area contributed by atoms with Gasteiger partial charge in [0.25, 0.3) is 5.91 Å². The average Bonchev–Trinajstić information content (AvgIpc) is 3.21. The second-order valence-corrected chi connectivity index (χ2v) is 8.53. The monoisotopic (exact) mass is 424 g/mol. The fraction of sp³-hybridized carbons (Fsp3) is 0.273. The predicted octanol–water partition coefficient (Wildman–Crippen LogP) is 5.00. The quantitative estimate of drug-likeness (QED) is 0.442. The SMILES string of the molecule is CSc1nc(-c2ccco2)nc(C)c1C(=O)Nc1cccc(NC(=O)C(C)(C)C)c1. The number of nitrogens with zero attached hydrogens (tertiary/aromatic N) is 2. The molecule has 2 N–H and O–H groups in total. The molecule has 3 rings (SSSR count). The fourth-order valence-corrected chi connectivity index (χ4v) is 3.28. The number of nitrogens with one attached hydrogen (secondary N) is 2. The van der Waals surface area contributed by atoms with Crippen LogP contribution in [0.25, 0.3) is 11.6 Å². The second kappa shape index (κ2) is 8.71. The summed E-state index contributed by atoms with van der Waals surface area (Å²) in [4.78, 5) is 34.1. The maximum atomic E-state index is 13.0. The number of carbonyl (C=O) groups is 2. The molecular weight excluding hydrogens is 400 g/mol. The summed E-state index contributed by atoms with van der Waals surface area (Å²) in [6, 6.07) is 10.6. The van der Waals surface area contributed by atoms with Gasteiger partial charge in [0.15, 0.2) is 11.6 Å². The highest BCUT2D eigenvalue weighted by molar-refractivity contribution is 7.98. The number of aryl methyl sites for hydroxylation is 1. The molecule has 0 saturated heterocycles. The van der Waals surface area contributed by atoms with Crippen molar-refractivity contribution < 1.29 is 14.0 Å². The van der Waals surface area contributed by atoms with Gasteiger partial charge in [-0.05, 0) is 43.5 Å². The van der Waals surface area contributed by atoms with Crippen molar-refractivity contribution in [1.82, 2.24) is 9.97 Å². The van der Waals surface area contributed by atoms with Crippen molar-refractivity contribution in [3.63, 3.8) is 0 Å². The average molecular weight is 425 g/mol. The molecule has 156 valence electrons. The van der Waals surface area contributed by atoms with Gasteiger partial charge in [-0.2, -0.15) is 0 Å². The summed E-state index contributed by atoms with van der Waals surface area (Å²) >= 11 is 1.36. The number of amides is 2. The van der Waals surface area contributed by atoms with Gasteiger partial charge in [0.05, 0.1) is 17.5 Å². The fourth-order valence-electron chi connectivity index (χ4n) is 2.66. The van der Waals surface area contributed by atoms with Gasteiger partial charge in [0.2, 0.25) is 5.91 Å². The van der Waals surface area contributed by atoms with Gasteiger partial charge in [-0.15, -0.1) is 11.8 Å². The summed E-state index contributed by atoms with van der Waals surface area (Å²) < 4.78 is 5.37. The van der Waals surface area contributed by atoms with Crippen molar-refractivity contribution in [2.45, 2.75) is 32.7 Å². The van der Waals surface area contributed by atoms with Crippen LogP contribution < -0.4 is 10.6 Å². The van der Waals surface area contributed by atoms with Crippen LogP contribution in [-0.4, -0.2) is 28.0 Å². The van der Waals surface area contributed by atoms with Crippen LogP contribution in [0.5, 0.6) is 0 Å². The topological polar surface area (TPSA) is 97.1 Å². The third-order valence-electron chi connectivity index (χ3n) is 4.28. The normalized spacial score (nSPS) is 11.2. The molecule has 0 aliphatic carbocycles. The first-order chi connectivity index (χ1) is 14.2. The molecule has 0 aliphatic heterocycles. The van der Waals surface area contributed by atoms with E-state index < -0.39 is 5.41 Å². The van der Waals surface area contributed by atoms with E-state index in [-0.39, 0.29) is 11.8 Å². The highest BCUT2D eigenvalue weighted by Gasteiger charge is 2.22. The Morgan fingerprint density at radius 1 is 1.03 bits per heavy atom. The standard InChI is InChI=1S/C22H24N4O3S/c1-13-17(20(30-5)26-18(23-13)16-10-7-11-29-16)19(27)24-14-8-6-9-15(12-14)25-21(28)22(2,3)4/h6-12H,1-5H3,(H,24,27)(H,25,28). The van der Waals surface area contributed by atoms with E-state index in [0.717, 1.165) is 0 Å². The molecule has 30 heavy (non-hydrogen) atoms. The number of hydrogen-bond donors (Lipinski definition) is 2. The number of thioether (sulfide) groups is 1. The Balaban J connectivity index is 1.84. The van der Waals surface area contributed by atoms with Crippen LogP contribution in [-0.2, 0) is 4.79 Å². The summed E-state index contributed by atoms with van der Waals surface area (Å²) in [7, 11) is 0. The molecular formula is C22H24N4O3S. The molecule has 0 atom stereocenters. The number of carbonyl (C=O) groups excluding carboxylic acids is 2. The van der Waals surface area contributed by atoms with Gasteiger partial charge >= 0.3 is 0 Å². The molecule has 0 unspecified atom stereocenters. The number of rotatable bonds is 5. The third-order valence-corrected chi connectivity index (χ3v) is 4.96. The Morgan fingerprint density at radius 2 is 1.73 bits per heavy atom. The molecule has 1 aromatic carbocycles. The smallest absolute Gasteiger partial charge is 0.260 e. The molecule has 0 fully saturated rings. The van der Waals surface area contributed by atoms with E-state index >= 15 is 0 Å². The van der Waals surface area contributed by atoms with Crippen molar-refractivity contribution in [3.05, 3.63) is 53.9 Å². The highest BCUT2D eigenvalue weighted by atomic mass is 32.2.